The standard InChI is InChI=1S/C13H27NO/c1-15-11-7-6-10-13(12-14)8-4-2-3-5-9-13/h2-12,14H2,1H3. The van der Waals surface area contributed by atoms with Crippen LogP contribution in [0.3, 0.4) is 0 Å². The van der Waals surface area contributed by atoms with Gasteiger partial charge in [-0.15, -0.1) is 0 Å². The second-order valence-corrected chi connectivity index (χ2v) is 5.07. The van der Waals surface area contributed by atoms with Crippen LogP contribution in [0, 0.1) is 5.41 Å². The molecule has 0 bridgehead atoms. The van der Waals surface area contributed by atoms with Crippen molar-refractivity contribution in [3.63, 3.8) is 0 Å². The Morgan fingerprint density at radius 1 is 1.07 bits per heavy atom. The highest BCUT2D eigenvalue weighted by Crippen LogP contribution is 2.38. The number of rotatable bonds is 6. The summed E-state index contributed by atoms with van der Waals surface area (Å²) in [6, 6.07) is 0. The normalized spacial score (nSPS) is 21.2. The van der Waals surface area contributed by atoms with E-state index in [-0.39, 0.29) is 0 Å². The molecule has 90 valence electrons. The van der Waals surface area contributed by atoms with E-state index in [4.69, 9.17) is 10.5 Å². The quantitative estimate of drug-likeness (QED) is 0.543. The van der Waals surface area contributed by atoms with Gasteiger partial charge in [-0.3, -0.25) is 0 Å². The van der Waals surface area contributed by atoms with Crippen LogP contribution in [0.4, 0.5) is 0 Å². The van der Waals surface area contributed by atoms with E-state index < -0.39 is 0 Å². The van der Waals surface area contributed by atoms with Crippen LogP contribution < -0.4 is 5.73 Å². The molecule has 0 unspecified atom stereocenters. The number of unbranched alkanes of at least 4 members (excludes halogenated alkanes) is 1. The molecule has 0 saturated heterocycles. The lowest BCUT2D eigenvalue weighted by Gasteiger charge is -2.31. The fourth-order valence-corrected chi connectivity index (χ4v) is 2.78. The molecule has 1 aliphatic rings. The van der Waals surface area contributed by atoms with E-state index in [1.807, 2.05) is 0 Å². The predicted octanol–water partition coefficient (Wildman–Crippen LogP) is 3.10. The van der Waals surface area contributed by atoms with Crippen LogP contribution in [-0.4, -0.2) is 20.3 Å². The van der Waals surface area contributed by atoms with Gasteiger partial charge in [0.1, 0.15) is 0 Å². The van der Waals surface area contributed by atoms with E-state index in [9.17, 15) is 0 Å². The molecular formula is C13H27NO. The Morgan fingerprint density at radius 3 is 2.27 bits per heavy atom. The zero-order chi connectivity index (χ0) is 11.0. The zero-order valence-electron chi connectivity index (χ0n) is 10.3. The van der Waals surface area contributed by atoms with Gasteiger partial charge in [-0.05, 0) is 37.6 Å². The first-order chi connectivity index (χ1) is 7.33. The van der Waals surface area contributed by atoms with Gasteiger partial charge in [-0.1, -0.05) is 32.1 Å². The molecule has 2 N–H and O–H groups in total. The molecular weight excluding hydrogens is 186 g/mol. The van der Waals surface area contributed by atoms with E-state index >= 15 is 0 Å². The molecule has 2 nitrogen and oxygen atoms in total. The molecule has 0 atom stereocenters. The topological polar surface area (TPSA) is 35.2 Å². The molecule has 0 aromatic carbocycles. The van der Waals surface area contributed by atoms with Gasteiger partial charge in [-0.2, -0.15) is 0 Å². The minimum atomic E-state index is 0.476. The van der Waals surface area contributed by atoms with Gasteiger partial charge in [0.05, 0.1) is 0 Å². The third kappa shape index (κ3) is 4.52. The molecule has 1 aliphatic carbocycles. The zero-order valence-corrected chi connectivity index (χ0v) is 10.3. The molecule has 0 aromatic heterocycles. The fourth-order valence-electron chi connectivity index (χ4n) is 2.78. The molecule has 1 fully saturated rings. The Bertz CT molecular complexity index is 151. The molecule has 0 amide bonds. The molecule has 0 aromatic rings. The lowest BCUT2D eigenvalue weighted by atomic mass is 9.76. The number of methoxy groups -OCH3 is 1. The number of hydrogen-bond acceptors (Lipinski definition) is 2. The molecule has 1 saturated carbocycles. The summed E-state index contributed by atoms with van der Waals surface area (Å²) in [7, 11) is 1.78. The first kappa shape index (κ1) is 13.0. The third-order valence-electron chi connectivity index (χ3n) is 3.90. The van der Waals surface area contributed by atoms with E-state index in [1.165, 1.54) is 57.8 Å². The number of hydrogen-bond donors (Lipinski definition) is 1. The average molecular weight is 213 g/mol. The summed E-state index contributed by atoms with van der Waals surface area (Å²) in [5.74, 6) is 0. The number of nitrogens with two attached hydrogens (primary N) is 1. The molecule has 2 heteroatoms. The molecule has 0 radical (unpaired) electrons. The summed E-state index contributed by atoms with van der Waals surface area (Å²) in [5, 5.41) is 0. The van der Waals surface area contributed by atoms with E-state index in [0.29, 0.717) is 5.41 Å². The van der Waals surface area contributed by atoms with Crippen LogP contribution >= 0.6 is 0 Å². The van der Waals surface area contributed by atoms with Crippen molar-refractivity contribution in [2.24, 2.45) is 11.1 Å². The molecule has 0 aliphatic heterocycles. The average Bonchev–Trinajstić information content (AvgIpc) is 2.51. The monoisotopic (exact) mass is 213 g/mol. The summed E-state index contributed by atoms with van der Waals surface area (Å²) in [6.07, 6.45) is 12.1. The lowest BCUT2D eigenvalue weighted by molar-refractivity contribution is 0.175. The first-order valence-corrected chi connectivity index (χ1v) is 6.52. The van der Waals surface area contributed by atoms with Gasteiger partial charge in [0.25, 0.3) is 0 Å². The van der Waals surface area contributed by atoms with Gasteiger partial charge in [0.15, 0.2) is 0 Å². The maximum Gasteiger partial charge on any atom is 0.0462 e. The highest BCUT2D eigenvalue weighted by Gasteiger charge is 2.28. The SMILES string of the molecule is COCCCCC1(CN)CCCCCC1. The Kier molecular flexibility index (Phi) is 6.26. The Hall–Kier alpha value is -0.0800. The van der Waals surface area contributed by atoms with Crippen LogP contribution in [0.5, 0.6) is 0 Å². The highest BCUT2D eigenvalue weighted by atomic mass is 16.5. The largest absolute Gasteiger partial charge is 0.385 e. The van der Waals surface area contributed by atoms with E-state index in [2.05, 4.69) is 0 Å². The van der Waals surface area contributed by atoms with Crippen LogP contribution in [0.2, 0.25) is 0 Å². The van der Waals surface area contributed by atoms with E-state index in [0.717, 1.165) is 13.2 Å². The summed E-state index contributed by atoms with van der Waals surface area (Å²) in [6.45, 7) is 1.79. The van der Waals surface area contributed by atoms with Crippen LogP contribution in [0.25, 0.3) is 0 Å². The smallest absolute Gasteiger partial charge is 0.0462 e. The van der Waals surface area contributed by atoms with Crippen molar-refractivity contribution in [3.05, 3.63) is 0 Å². The predicted molar refractivity (Wildman–Crippen MR) is 64.9 cm³/mol. The minimum absolute atomic E-state index is 0.476. The minimum Gasteiger partial charge on any atom is -0.385 e. The maximum atomic E-state index is 5.99. The van der Waals surface area contributed by atoms with Crippen LogP contribution in [-0.2, 0) is 4.74 Å². The lowest BCUT2D eigenvalue weighted by Crippen LogP contribution is -2.30. The molecule has 0 spiro atoms. The number of ether oxygens (including phenoxy) is 1. The molecule has 1 rings (SSSR count). The summed E-state index contributed by atoms with van der Waals surface area (Å²) in [4.78, 5) is 0. The first-order valence-electron chi connectivity index (χ1n) is 6.52. The van der Waals surface area contributed by atoms with Crippen molar-refractivity contribution in [2.45, 2.75) is 57.8 Å². The Labute approximate surface area is 94.6 Å². The second kappa shape index (κ2) is 7.24. The van der Waals surface area contributed by atoms with Crippen molar-refractivity contribution < 1.29 is 4.74 Å². The van der Waals surface area contributed by atoms with Crippen molar-refractivity contribution in [3.8, 4) is 0 Å². The Morgan fingerprint density at radius 2 is 1.73 bits per heavy atom. The summed E-state index contributed by atoms with van der Waals surface area (Å²) < 4.78 is 5.09. The van der Waals surface area contributed by atoms with Crippen LogP contribution in [0.15, 0.2) is 0 Å². The summed E-state index contributed by atoms with van der Waals surface area (Å²) >= 11 is 0. The maximum absolute atomic E-state index is 5.99. The fraction of sp³-hybridized carbons (Fsp3) is 1.00. The van der Waals surface area contributed by atoms with Gasteiger partial charge >= 0.3 is 0 Å². The van der Waals surface area contributed by atoms with Crippen LogP contribution in [0.1, 0.15) is 57.8 Å². The van der Waals surface area contributed by atoms with Gasteiger partial charge < -0.3 is 10.5 Å². The van der Waals surface area contributed by atoms with Crippen molar-refractivity contribution in [1.82, 2.24) is 0 Å². The van der Waals surface area contributed by atoms with Crippen molar-refractivity contribution in [2.75, 3.05) is 20.3 Å². The highest BCUT2D eigenvalue weighted by molar-refractivity contribution is 4.82. The van der Waals surface area contributed by atoms with Crippen molar-refractivity contribution in [1.29, 1.82) is 0 Å². The summed E-state index contributed by atoms with van der Waals surface area (Å²) in [5.41, 5.74) is 6.47. The third-order valence-corrected chi connectivity index (χ3v) is 3.90. The van der Waals surface area contributed by atoms with Crippen molar-refractivity contribution >= 4 is 0 Å². The van der Waals surface area contributed by atoms with Gasteiger partial charge in [-0.25, -0.2) is 0 Å². The molecule has 15 heavy (non-hydrogen) atoms. The second-order valence-electron chi connectivity index (χ2n) is 5.07. The van der Waals surface area contributed by atoms with Gasteiger partial charge in [0.2, 0.25) is 0 Å². The molecule has 0 heterocycles. The Balaban J connectivity index is 2.29. The van der Waals surface area contributed by atoms with Gasteiger partial charge in [0, 0.05) is 13.7 Å². The van der Waals surface area contributed by atoms with E-state index in [1.54, 1.807) is 7.11 Å².